The smallest absolute Gasteiger partial charge is 0.0737 e. The van der Waals surface area contributed by atoms with Gasteiger partial charge in [0.15, 0.2) is 0 Å². The molecule has 0 N–H and O–H groups in total. The number of rotatable bonds is 3. The van der Waals surface area contributed by atoms with Gasteiger partial charge in [0.2, 0.25) is 0 Å². The van der Waals surface area contributed by atoms with Crippen molar-refractivity contribution in [2.24, 2.45) is 4.99 Å². The molecule has 0 aromatic rings. The average Bonchev–Trinajstić information content (AvgIpc) is 1.91. The van der Waals surface area contributed by atoms with Crippen LogP contribution in [0.25, 0.3) is 0 Å². The molecule has 0 atom stereocenters. The third-order valence-electron chi connectivity index (χ3n) is 0.921. The Morgan fingerprint density at radius 3 is 2.78 bits per heavy atom. The van der Waals surface area contributed by atoms with E-state index in [-0.39, 0.29) is 0 Å². The van der Waals surface area contributed by atoms with Crippen molar-refractivity contribution in [2.75, 3.05) is 7.05 Å². The highest BCUT2D eigenvalue weighted by Crippen LogP contribution is 1.85. The minimum absolute atomic E-state index is 0.487. The molecule has 1 nitrogen and oxygen atoms in total. The third-order valence-corrected chi connectivity index (χ3v) is 0.921. The molecular formula is C7H10BN. The standard InChI is InChI=1S/C7H10BN/c1-3-4-5-7(6-8)9-2/h3-5H,1,6H2,2H3/b5-4-,9-7?. The third kappa shape index (κ3) is 3.77. The normalized spacial score (nSPS) is 12.3. The van der Waals surface area contributed by atoms with Crippen LogP contribution in [0.2, 0.25) is 6.32 Å². The lowest BCUT2D eigenvalue weighted by Gasteiger charge is -1.89. The van der Waals surface area contributed by atoms with Gasteiger partial charge in [-0.3, -0.25) is 4.99 Å². The van der Waals surface area contributed by atoms with E-state index in [2.05, 4.69) is 11.6 Å². The molecule has 0 aromatic carbocycles. The molecule has 0 spiro atoms. The van der Waals surface area contributed by atoms with Crippen molar-refractivity contribution in [3.05, 3.63) is 24.8 Å². The summed E-state index contributed by atoms with van der Waals surface area (Å²) in [4.78, 5) is 3.90. The van der Waals surface area contributed by atoms with Crippen LogP contribution in [-0.4, -0.2) is 20.6 Å². The van der Waals surface area contributed by atoms with E-state index in [4.69, 9.17) is 7.85 Å². The number of hydrogen-bond donors (Lipinski definition) is 0. The fourth-order valence-electron chi connectivity index (χ4n) is 0.413. The first kappa shape index (κ1) is 8.21. The quantitative estimate of drug-likeness (QED) is 0.302. The van der Waals surface area contributed by atoms with Crippen LogP contribution in [-0.2, 0) is 0 Å². The lowest BCUT2D eigenvalue weighted by molar-refractivity contribution is 1.43. The maximum absolute atomic E-state index is 5.31. The van der Waals surface area contributed by atoms with Gasteiger partial charge in [-0.2, -0.15) is 0 Å². The second-order valence-electron chi connectivity index (χ2n) is 1.51. The number of hydrogen-bond acceptors (Lipinski definition) is 1. The van der Waals surface area contributed by atoms with E-state index < -0.39 is 0 Å². The summed E-state index contributed by atoms with van der Waals surface area (Å²) in [7, 11) is 7.03. The van der Waals surface area contributed by atoms with Gasteiger partial charge in [0.05, 0.1) is 7.85 Å². The Morgan fingerprint density at radius 1 is 1.78 bits per heavy atom. The Bertz CT molecular complexity index is 136. The van der Waals surface area contributed by atoms with Gasteiger partial charge in [0, 0.05) is 12.8 Å². The van der Waals surface area contributed by atoms with Gasteiger partial charge in [-0.15, -0.1) is 0 Å². The highest BCUT2D eigenvalue weighted by Gasteiger charge is 1.82. The maximum atomic E-state index is 5.31. The van der Waals surface area contributed by atoms with E-state index in [0.717, 1.165) is 5.71 Å². The zero-order valence-electron chi connectivity index (χ0n) is 5.67. The predicted octanol–water partition coefficient (Wildman–Crippen LogP) is 1.39. The summed E-state index contributed by atoms with van der Waals surface area (Å²) in [6, 6.07) is 0. The van der Waals surface area contributed by atoms with E-state index in [1.54, 1.807) is 13.1 Å². The van der Waals surface area contributed by atoms with E-state index in [1.807, 2.05) is 12.2 Å². The molecule has 2 heteroatoms. The molecule has 0 heterocycles. The molecule has 0 aromatic heterocycles. The Morgan fingerprint density at radius 2 is 2.44 bits per heavy atom. The van der Waals surface area contributed by atoms with E-state index in [9.17, 15) is 0 Å². The summed E-state index contributed by atoms with van der Waals surface area (Å²) in [5.41, 5.74) is 0.884. The van der Waals surface area contributed by atoms with Crippen LogP contribution in [0.15, 0.2) is 29.8 Å². The van der Waals surface area contributed by atoms with Crippen molar-refractivity contribution in [1.29, 1.82) is 0 Å². The van der Waals surface area contributed by atoms with Crippen LogP contribution in [0.4, 0.5) is 0 Å². The van der Waals surface area contributed by atoms with Gasteiger partial charge < -0.3 is 0 Å². The molecule has 0 bridgehead atoms. The molecule has 9 heavy (non-hydrogen) atoms. The van der Waals surface area contributed by atoms with Crippen molar-refractivity contribution in [3.63, 3.8) is 0 Å². The number of nitrogens with zero attached hydrogens (tertiary/aromatic N) is 1. The van der Waals surface area contributed by atoms with Gasteiger partial charge in [-0.1, -0.05) is 18.7 Å². The van der Waals surface area contributed by atoms with Gasteiger partial charge >= 0.3 is 0 Å². The second kappa shape index (κ2) is 5.35. The van der Waals surface area contributed by atoms with Crippen molar-refractivity contribution < 1.29 is 0 Å². The first-order valence-corrected chi connectivity index (χ1v) is 2.80. The fraction of sp³-hybridized carbons (Fsp3) is 0.286. The van der Waals surface area contributed by atoms with E-state index >= 15 is 0 Å². The zero-order valence-corrected chi connectivity index (χ0v) is 5.67. The first-order valence-electron chi connectivity index (χ1n) is 2.80. The Balaban J connectivity index is 3.84. The van der Waals surface area contributed by atoms with Crippen LogP contribution in [0, 0.1) is 0 Å². The Kier molecular flexibility index (Phi) is 4.89. The molecule has 2 radical (unpaired) electrons. The summed E-state index contributed by atoms with van der Waals surface area (Å²) in [5, 5.41) is 0. The molecule has 0 unspecified atom stereocenters. The summed E-state index contributed by atoms with van der Waals surface area (Å²) in [6.45, 7) is 3.52. The highest BCUT2D eigenvalue weighted by atomic mass is 14.7. The van der Waals surface area contributed by atoms with Gasteiger partial charge in [-0.05, 0) is 12.4 Å². The van der Waals surface area contributed by atoms with Gasteiger partial charge in [0.1, 0.15) is 0 Å². The summed E-state index contributed by atoms with van der Waals surface area (Å²) in [5.74, 6) is 0. The van der Waals surface area contributed by atoms with Crippen molar-refractivity contribution in [1.82, 2.24) is 0 Å². The Hall–Kier alpha value is -0.785. The first-order chi connectivity index (χ1) is 4.35. The molecule has 0 aliphatic carbocycles. The highest BCUT2D eigenvalue weighted by molar-refractivity contribution is 6.24. The predicted molar refractivity (Wildman–Crippen MR) is 43.3 cm³/mol. The second-order valence-corrected chi connectivity index (χ2v) is 1.51. The summed E-state index contributed by atoms with van der Waals surface area (Å²) in [6.07, 6.45) is 5.84. The summed E-state index contributed by atoms with van der Waals surface area (Å²) < 4.78 is 0. The van der Waals surface area contributed by atoms with Gasteiger partial charge in [0.25, 0.3) is 0 Å². The molecule has 0 amide bonds. The molecule has 0 saturated heterocycles. The monoisotopic (exact) mass is 119 g/mol. The molecule has 0 fully saturated rings. The number of allylic oxidation sites excluding steroid dienone is 3. The summed E-state index contributed by atoms with van der Waals surface area (Å²) >= 11 is 0. The fourth-order valence-corrected chi connectivity index (χ4v) is 0.413. The van der Waals surface area contributed by atoms with Crippen LogP contribution in [0.3, 0.4) is 0 Å². The van der Waals surface area contributed by atoms with Crippen LogP contribution >= 0.6 is 0 Å². The lowest BCUT2D eigenvalue weighted by atomic mass is 10.00. The average molecular weight is 119 g/mol. The van der Waals surface area contributed by atoms with Crippen LogP contribution < -0.4 is 0 Å². The molecule has 0 saturated carbocycles. The molecule has 46 valence electrons. The Labute approximate surface area is 57.6 Å². The van der Waals surface area contributed by atoms with Crippen molar-refractivity contribution >= 4 is 13.6 Å². The van der Waals surface area contributed by atoms with Crippen LogP contribution in [0.5, 0.6) is 0 Å². The van der Waals surface area contributed by atoms with E-state index in [0.29, 0.717) is 6.32 Å². The van der Waals surface area contributed by atoms with Crippen molar-refractivity contribution in [3.8, 4) is 0 Å². The van der Waals surface area contributed by atoms with Crippen LogP contribution in [0.1, 0.15) is 0 Å². The SMILES string of the molecule is [B]CC(/C=C\C=C)=NC. The van der Waals surface area contributed by atoms with E-state index in [1.165, 1.54) is 0 Å². The molecule has 0 aliphatic heterocycles. The molecule has 0 rings (SSSR count). The topological polar surface area (TPSA) is 12.4 Å². The maximum Gasteiger partial charge on any atom is 0.0737 e. The zero-order chi connectivity index (χ0) is 7.11. The van der Waals surface area contributed by atoms with Crippen molar-refractivity contribution in [2.45, 2.75) is 6.32 Å². The molecule has 0 aliphatic rings. The minimum Gasteiger partial charge on any atom is -0.294 e. The minimum atomic E-state index is 0.487. The number of aliphatic imine (C=N–C) groups is 1. The lowest BCUT2D eigenvalue weighted by Crippen LogP contribution is -1.89. The molecular weight excluding hydrogens is 109 g/mol. The largest absolute Gasteiger partial charge is 0.294 e. The van der Waals surface area contributed by atoms with Gasteiger partial charge in [-0.25, -0.2) is 0 Å².